The summed E-state index contributed by atoms with van der Waals surface area (Å²) in [4.78, 5) is 19.2. The summed E-state index contributed by atoms with van der Waals surface area (Å²) >= 11 is 1.41. The van der Waals surface area contributed by atoms with Gasteiger partial charge in [-0.05, 0) is 37.0 Å². The number of imidazole rings is 1. The van der Waals surface area contributed by atoms with Gasteiger partial charge in [-0.3, -0.25) is 4.79 Å². The van der Waals surface area contributed by atoms with Crippen LogP contribution in [0.4, 0.5) is 5.69 Å². The quantitative estimate of drug-likeness (QED) is 0.574. The summed E-state index contributed by atoms with van der Waals surface area (Å²) in [5.41, 5.74) is 8.19. The van der Waals surface area contributed by atoms with Crippen LogP contribution >= 0.6 is 11.8 Å². The van der Waals surface area contributed by atoms with Crippen molar-refractivity contribution in [2.75, 3.05) is 18.0 Å². The standard InChI is InChI=1S/C13H16N4OS/c14-9-3-4-10-11(5-9)17-13(16-10)19-7-12(18)15-6-8-1-2-8/h3-5,8H,1-2,6-7,14H2,(H,15,18)(H,16,17). The number of benzene rings is 1. The number of hydrogen-bond donors (Lipinski definition) is 3. The second-order valence-corrected chi connectivity index (χ2v) is 5.82. The van der Waals surface area contributed by atoms with E-state index < -0.39 is 0 Å². The molecule has 0 unspecified atom stereocenters. The lowest BCUT2D eigenvalue weighted by Gasteiger charge is -2.01. The Bertz CT molecular complexity index is 606. The lowest BCUT2D eigenvalue weighted by molar-refractivity contribution is -0.118. The minimum Gasteiger partial charge on any atom is -0.399 e. The third-order valence-corrected chi connectivity index (χ3v) is 3.98. The number of fused-ring (bicyclic) bond motifs is 1. The number of aromatic nitrogens is 2. The number of nitrogens with zero attached hydrogens (tertiary/aromatic N) is 1. The Kier molecular flexibility index (Phi) is 3.33. The number of aromatic amines is 1. The fourth-order valence-electron chi connectivity index (χ4n) is 1.84. The molecule has 0 spiro atoms. The summed E-state index contributed by atoms with van der Waals surface area (Å²) < 4.78 is 0. The highest BCUT2D eigenvalue weighted by molar-refractivity contribution is 7.99. The number of amides is 1. The maximum Gasteiger partial charge on any atom is 0.230 e. The van der Waals surface area contributed by atoms with Crippen LogP contribution in [-0.2, 0) is 4.79 Å². The molecule has 1 saturated carbocycles. The lowest BCUT2D eigenvalue weighted by atomic mass is 10.3. The van der Waals surface area contributed by atoms with E-state index in [9.17, 15) is 4.79 Å². The van der Waals surface area contributed by atoms with Crippen molar-refractivity contribution in [1.82, 2.24) is 15.3 Å². The molecule has 0 atom stereocenters. The molecule has 4 N–H and O–H groups in total. The van der Waals surface area contributed by atoms with Crippen molar-refractivity contribution in [3.8, 4) is 0 Å². The third-order valence-electron chi connectivity index (χ3n) is 3.11. The first-order valence-corrected chi connectivity index (χ1v) is 7.34. The van der Waals surface area contributed by atoms with Crippen LogP contribution in [0.1, 0.15) is 12.8 Å². The van der Waals surface area contributed by atoms with Crippen LogP contribution in [0.3, 0.4) is 0 Å². The number of rotatable bonds is 5. The molecule has 6 heteroatoms. The number of nitrogens with two attached hydrogens (primary N) is 1. The molecular weight excluding hydrogens is 260 g/mol. The van der Waals surface area contributed by atoms with Crippen LogP contribution in [0.25, 0.3) is 11.0 Å². The molecule has 1 fully saturated rings. The molecule has 3 rings (SSSR count). The molecule has 1 aliphatic rings. The smallest absolute Gasteiger partial charge is 0.230 e. The second-order valence-electron chi connectivity index (χ2n) is 4.85. The molecule has 1 amide bonds. The van der Waals surface area contributed by atoms with Gasteiger partial charge in [0.15, 0.2) is 5.16 Å². The third kappa shape index (κ3) is 3.20. The number of carbonyl (C=O) groups excluding carboxylic acids is 1. The zero-order valence-electron chi connectivity index (χ0n) is 10.5. The van der Waals surface area contributed by atoms with E-state index in [4.69, 9.17) is 5.73 Å². The van der Waals surface area contributed by atoms with Gasteiger partial charge < -0.3 is 16.0 Å². The molecule has 0 saturated heterocycles. The first-order valence-electron chi connectivity index (χ1n) is 6.35. The maximum absolute atomic E-state index is 11.6. The molecule has 1 aromatic heterocycles. The van der Waals surface area contributed by atoms with E-state index in [1.807, 2.05) is 18.2 Å². The van der Waals surface area contributed by atoms with Gasteiger partial charge in [-0.25, -0.2) is 4.98 Å². The molecule has 1 aromatic carbocycles. The van der Waals surface area contributed by atoms with Crippen molar-refractivity contribution < 1.29 is 4.79 Å². The Hall–Kier alpha value is -1.69. The number of thioether (sulfide) groups is 1. The van der Waals surface area contributed by atoms with Crippen LogP contribution in [0.15, 0.2) is 23.4 Å². The molecule has 0 bridgehead atoms. The Labute approximate surface area is 115 Å². The van der Waals surface area contributed by atoms with Crippen LogP contribution in [0.5, 0.6) is 0 Å². The normalized spacial score (nSPS) is 14.7. The number of H-pyrrole nitrogens is 1. The average molecular weight is 276 g/mol. The highest BCUT2D eigenvalue weighted by Crippen LogP contribution is 2.27. The fraction of sp³-hybridized carbons (Fsp3) is 0.385. The summed E-state index contributed by atoms with van der Waals surface area (Å²) in [6, 6.07) is 5.54. The zero-order chi connectivity index (χ0) is 13.2. The molecule has 100 valence electrons. The van der Waals surface area contributed by atoms with Gasteiger partial charge in [0, 0.05) is 12.2 Å². The summed E-state index contributed by atoms with van der Waals surface area (Å²) in [7, 11) is 0. The van der Waals surface area contributed by atoms with Gasteiger partial charge in [-0.1, -0.05) is 11.8 Å². The Morgan fingerprint density at radius 1 is 1.53 bits per heavy atom. The van der Waals surface area contributed by atoms with Crippen LogP contribution in [-0.4, -0.2) is 28.2 Å². The molecular formula is C13H16N4OS. The zero-order valence-corrected chi connectivity index (χ0v) is 11.3. The number of nitrogens with one attached hydrogen (secondary N) is 2. The molecule has 0 aliphatic heterocycles. The Morgan fingerprint density at radius 3 is 3.16 bits per heavy atom. The van der Waals surface area contributed by atoms with Crippen LogP contribution < -0.4 is 11.1 Å². The van der Waals surface area contributed by atoms with Crippen molar-refractivity contribution in [2.45, 2.75) is 18.0 Å². The van der Waals surface area contributed by atoms with E-state index in [1.165, 1.54) is 24.6 Å². The van der Waals surface area contributed by atoms with Gasteiger partial charge in [-0.15, -0.1) is 0 Å². The minimum absolute atomic E-state index is 0.0665. The monoisotopic (exact) mass is 276 g/mol. The minimum atomic E-state index is 0.0665. The molecule has 19 heavy (non-hydrogen) atoms. The van der Waals surface area contributed by atoms with Gasteiger partial charge in [-0.2, -0.15) is 0 Å². The van der Waals surface area contributed by atoms with E-state index in [0.717, 1.165) is 22.7 Å². The predicted octanol–water partition coefficient (Wildman–Crippen LogP) is 1.76. The molecule has 1 aliphatic carbocycles. The van der Waals surface area contributed by atoms with E-state index in [-0.39, 0.29) is 5.91 Å². The second kappa shape index (κ2) is 5.13. The number of carbonyl (C=O) groups is 1. The summed E-state index contributed by atoms with van der Waals surface area (Å²) in [5.74, 6) is 1.17. The van der Waals surface area contributed by atoms with Gasteiger partial charge >= 0.3 is 0 Å². The van der Waals surface area contributed by atoms with Crippen LogP contribution in [0.2, 0.25) is 0 Å². The van der Waals surface area contributed by atoms with Gasteiger partial charge in [0.1, 0.15) is 0 Å². The fourth-order valence-corrected chi connectivity index (χ4v) is 2.55. The van der Waals surface area contributed by atoms with Crippen molar-refractivity contribution in [3.63, 3.8) is 0 Å². The Balaban J connectivity index is 1.56. The van der Waals surface area contributed by atoms with Crippen molar-refractivity contribution in [2.24, 2.45) is 5.92 Å². The van der Waals surface area contributed by atoms with Crippen molar-refractivity contribution >= 4 is 34.4 Å². The van der Waals surface area contributed by atoms with Gasteiger partial charge in [0.25, 0.3) is 0 Å². The number of anilines is 1. The summed E-state index contributed by atoms with van der Waals surface area (Å²) in [6.07, 6.45) is 2.50. The lowest BCUT2D eigenvalue weighted by Crippen LogP contribution is -2.27. The van der Waals surface area contributed by atoms with Crippen molar-refractivity contribution in [1.29, 1.82) is 0 Å². The van der Waals surface area contributed by atoms with E-state index in [2.05, 4.69) is 15.3 Å². The highest BCUT2D eigenvalue weighted by Gasteiger charge is 2.21. The van der Waals surface area contributed by atoms with E-state index >= 15 is 0 Å². The SMILES string of the molecule is Nc1ccc2nc(SCC(=O)NCC3CC3)[nH]c2c1. The molecule has 0 radical (unpaired) electrons. The maximum atomic E-state index is 11.6. The molecule has 5 nitrogen and oxygen atoms in total. The summed E-state index contributed by atoms with van der Waals surface area (Å²) in [6.45, 7) is 0.816. The molecule has 2 aromatic rings. The van der Waals surface area contributed by atoms with E-state index in [0.29, 0.717) is 17.4 Å². The Morgan fingerprint density at radius 2 is 2.37 bits per heavy atom. The first kappa shape index (κ1) is 12.3. The highest BCUT2D eigenvalue weighted by atomic mass is 32.2. The average Bonchev–Trinajstić information content (AvgIpc) is 3.13. The molecule has 1 heterocycles. The summed E-state index contributed by atoms with van der Waals surface area (Å²) in [5, 5.41) is 3.69. The first-order chi connectivity index (χ1) is 9.20. The topological polar surface area (TPSA) is 83.8 Å². The van der Waals surface area contributed by atoms with Gasteiger partial charge in [0.2, 0.25) is 5.91 Å². The van der Waals surface area contributed by atoms with Crippen LogP contribution in [0, 0.1) is 5.92 Å². The predicted molar refractivity (Wildman–Crippen MR) is 77.0 cm³/mol. The van der Waals surface area contributed by atoms with E-state index in [1.54, 1.807) is 0 Å². The number of nitrogen functional groups attached to an aromatic ring is 1. The van der Waals surface area contributed by atoms with Gasteiger partial charge in [0.05, 0.1) is 16.8 Å². The largest absolute Gasteiger partial charge is 0.399 e. The van der Waals surface area contributed by atoms with Crippen molar-refractivity contribution in [3.05, 3.63) is 18.2 Å². The number of hydrogen-bond acceptors (Lipinski definition) is 4.